The number of aromatic nitrogens is 2. The largest absolute Gasteiger partial charge is 0.356 e. The molecule has 2 unspecified atom stereocenters. The summed E-state index contributed by atoms with van der Waals surface area (Å²) in [6.07, 6.45) is 16.9. The summed E-state index contributed by atoms with van der Waals surface area (Å²) in [7, 11) is 0. The van der Waals surface area contributed by atoms with Crippen LogP contribution >= 0.6 is 0 Å². The minimum atomic E-state index is 0.480. The van der Waals surface area contributed by atoms with Crippen LogP contribution in [0.3, 0.4) is 0 Å². The van der Waals surface area contributed by atoms with E-state index in [1.165, 1.54) is 64.5 Å². The van der Waals surface area contributed by atoms with Crippen molar-refractivity contribution >= 4 is 11.8 Å². The highest BCUT2D eigenvalue weighted by atomic mass is 15.3. The van der Waals surface area contributed by atoms with Crippen LogP contribution in [0.15, 0.2) is 24.4 Å². The van der Waals surface area contributed by atoms with E-state index in [9.17, 15) is 0 Å². The predicted molar refractivity (Wildman–Crippen MR) is 108 cm³/mol. The lowest BCUT2D eigenvalue weighted by Gasteiger charge is -2.24. The van der Waals surface area contributed by atoms with Crippen LogP contribution in [-0.4, -0.2) is 53.6 Å². The second-order valence-electron chi connectivity index (χ2n) is 8.18. The quantitative estimate of drug-likeness (QED) is 0.816. The van der Waals surface area contributed by atoms with Crippen LogP contribution in [-0.2, 0) is 0 Å². The van der Waals surface area contributed by atoms with E-state index >= 15 is 0 Å². The highest BCUT2D eigenvalue weighted by Crippen LogP contribution is 2.23. The van der Waals surface area contributed by atoms with Gasteiger partial charge in [-0.1, -0.05) is 25.0 Å². The third kappa shape index (κ3) is 4.76. The van der Waals surface area contributed by atoms with Crippen molar-refractivity contribution in [3.63, 3.8) is 0 Å². The van der Waals surface area contributed by atoms with E-state index in [2.05, 4.69) is 38.3 Å². The van der Waals surface area contributed by atoms with Crippen molar-refractivity contribution in [1.29, 1.82) is 0 Å². The van der Waals surface area contributed by atoms with Gasteiger partial charge in [-0.25, -0.2) is 4.98 Å². The second kappa shape index (κ2) is 8.85. The molecule has 2 fully saturated rings. The minimum Gasteiger partial charge on any atom is -0.356 e. The van der Waals surface area contributed by atoms with Gasteiger partial charge in [0.25, 0.3) is 0 Å². The number of hydrogen-bond acceptors (Lipinski definition) is 5. The lowest BCUT2D eigenvalue weighted by atomic mass is 9.94. The van der Waals surface area contributed by atoms with Crippen molar-refractivity contribution < 1.29 is 0 Å². The van der Waals surface area contributed by atoms with Gasteiger partial charge in [-0.2, -0.15) is 4.98 Å². The number of rotatable bonds is 5. The van der Waals surface area contributed by atoms with E-state index in [1.54, 1.807) is 0 Å². The molecule has 0 amide bonds. The maximum atomic E-state index is 4.82. The van der Waals surface area contributed by atoms with E-state index in [-0.39, 0.29) is 0 Å². The number of likely N-dealkylation sites (tertiary alicyclic amines) is 1. The van der Waals surface area contributed by atoms with Gasteiger partial charge in [-0.05, 0) is 50.5 Å². The first-order chi connectivity index (χ1) is 12.9. The van der Waals surface area contributed by atoms with Crippen LogP contribution < -0.4 is 10.2 Å². The Bertz CT molecular complexity index is 594. The van der Waals surface area contributed by atoms with E-state index in [1.807, 2.05) is 6.20 Å². The van der Waals surface area contributed by atoms with E-state index in [0.29, 0.717) is 6.04 Å². The van der Waals surface area contributed by atoms with Crippen molar-refractivity contribution in [1.82, 2.24) is 14.9 Å². The van der Waals surface area contributed by atoms with Crippen LogP contribution in [0.2, 0.25) is 0 Å². The number of hydrogen-bond donors (Lipinski definition) is 1. The van der Waals surface area contributed by atoms with Crippen LogP contribution in [0.1, 0.15) is 51.4 Å². The van der Waals surface area contributed by atoms with Gasteiger partial charge >= 0.3 is 0 Å². The molecule has 0 bridgehead atoms. The van der Waals surface area contributed by atoms with Gasteiger partial charge in [0.05, 0.1) is 0 Å². The molecule has 1 aromatic rings. The van der Waals surface area contributed by atoms with Crippen LogP contribution in [0.25, 0.3) is 0 Å². The zero-order chi connectivity index (χ0) is 17.6. The Morgan fingerprint density at radius 1 is 1.04 bits per heavy atom. The maximum absolute atomic E-state index is 4.82. The standard InChI is InChI=1S/C21H33N5/c1-2-7-14-26(13-6-1)20-10-12-22-21(24-20)23-19-11-15-25(17-19)16-18-8-4-3-5-9-18/h3-4,10,12,18-19H,1-2,5-9,11,13-17H2,(H,22,23,24). The molecule has 3 aliphatic rings. The summed E-state index contributed by atoms with van der Waals surface area (Å²) in [5.41, 5.74) is 0. The Morgan fingerprint density at radius 3 is 2.73 bits per heavy atom. The molecule has 2 saturated heterocycles. The zero-order valence-corrected chi connectivity index (χ0v) is 15.9. The van der Waals surface area contributed by atoms with Crippen molar-refractivity contribution in [2.24, 2.45) is 5.92 Å². The molecule has 0 saturated carbocycles. The molecule has 0 spiro atoms. The fourth-order valence-corrected chi connectivity index (χ4v) is 4.58. The first-order valence-corrected chi connectivity index (χ1v) is 10.6. The molecule has 2 aliphatic heterocycles. The average molecular weight is 356 g/mol. The third-order valence-electron chi connectivity index (χ3n) is 6.07. The van der Waals surface area contributed by atoms with Crippen LogP contribution in [0.4, 0.5) is 11.8 Å². The fraction of sp³-hybridized carbons (Fsp3) is 0.714. The summed E-state index contributed by atoms with van der Waals surface area (Å²) in [5, 5.41) is 3.60. The SMILES string of the molecule is C1=CCC(CN2CCC(Nc3nccc(N4CCCCCC4)n3)C2)CC1. The normalized spacial score (nSPS) is 27.5. The molecule has 3 heterocycles. The topological polar surface area (TPSA) is 44.3 Å². The first kappa shape index (κ1) is 17.8. The molecule has 1 aromatic heterocycles. The van der Waals surface area contributed by atoms with Gasteiger partial charge in [0.2, 0.25) is 5.95 Å². The Labute approximate surface area is 157 Å². The number of anilines is 2. The molecule has 1 N–H and O–H groups in total. The van der Waals surface area contributed by atoms with Crippen molar-refractivity contribution in [2.45, 2.75) is 57.4 Å². The third-order valence-corrected chi connectivity index (χ3v) is 6.07. The molecule has 5 heteroatoms. The van der Waals surface area contributed by atoms with E-state index in [4.69, 9.17) is 4.98 Å². The van der Waals surface area contributed by atoms with Crippen LogP contribution in [0, 0.1) is 5.92 Å². The Balaban J connectivity index is 1.30. The molecular formula is C21H33N5. The highest BCUT2D eigenvalue weighted by molar-refractivity contribution is 5.43. The number of nitrogens with one attached hydrogen (secondary N) is 1. The Hall–Kier alpha value is -1.62. The molecule has 1 aliphatic carbocycles. The summed E-state index contributed by atoms with van der Waals surface area (Å²) < 4.78 is 0. The summed E-state index contributed by atoms with van der Waals surface area (Å²) in [4.78, 5) is 14.4. The van der Waals surface area contributed by atoms with Crippen molar-refractivity contribution in [3.05, 3.63) is 24.4 Å². The first-order valence-electron chi connectivity index (χ1n) is 10.6. The second-order valence-corrected chi connectivity index (χ2v) is 8.18. The molecular weight excluding hydrogens is 322 g/mol. The van der Waals surface area contributed by atoms with Crippen molar-refractivity contribution in [2.75, 3.05) is 42.9 Å². The zero-order valence-electron chi connectivity index (χ0n) is 15.9. The van der Waals surface area contributed by atoms with E-state index in [0.717, 1.165) is 37.3 Å². The monoisotopic (exact) mass is 355 g/mol. The number of nitrogens with zero attached hydrogens (tertiary/aromatic N) is 4. The molecule has 2 atom stereocenters. The average Bonchev–Trinajstić information content (AvgIpc) is 2.94. The van der Waals surface area contributed by atoms with Gasteiger partial charge in [-0.3, -0.25) is 0 Å². The molecule has 0 aromatic carbocycles. The Morgan fingerprint density at radius 2 is 1.92 bits per heavy atom. The van der Waals surface area contributed by atoms with Gasteiger partial charge in [0.1, 0.15) is 5.82 Å². The summed E-state index contributed by atoms with van der Waals surface area (Å²) in [6.45, 7) is 5.82. The number of allylic oxidation sites excluding steroid dienone is 2. The lowest BCUT2D eigenvalue weighted by Crippen LogP contribution is -2.31. The molecule has 0 radical (unpaired) electrons. The lowest BCUT2D eigenvalue weighted by molar-refractivity contribution is 0.265. The van der Waals surface area contributed by atoms with E-state index < -0.39 is 0 Å². The molecule has 4 rings (SSSR count). The van der Waals surface area contributed by atoms with Gasteiger partial charge in [0.15, 0.2) is 0 Å². The molecule has 142 valence electrons. The highest BCUT2D eigenvalue weighted by Gasteiger charge is 2.25. The maximum Gasteiger partial charge on any atom is 0.224 e. The summed E-state index contributed by atoms with van der Waals surface area (Å²) >= 11 is 0. The summed E-state index contributed by atoms with van der Waals surface area (Å²) in [5.74, 6) is 2.74. The molecule has 26 heavy (non-hydrogen) atoms. The predicted octanol–water partition coefficient (Wildman–Crippen LogP) is 3.70. The fourth-order valence-electron chi connectivity index (χ4n) is 4.58. The van der Waals surface area contributed by atoms with Gasteiger partial charge in [0, 0.05) is 45.0 Å². The summed E-state index contributed by atoms with van der Waals surface area (Å²) in [6, 6.07) is 2.54. The van der Waals surface area contributed by atoms with Gasteiger partial charge in [-0.15, -0.1) is 0 Å². The molecule has 5 nitrogen and oxygen atoms in total. The van der Waals surface area contributed by atoms with Crippen LogP contribution in [0.5, 0.6) is 0 Å². The van der Waals surface area contributed by atoms with Crippen molar-refractivity contribution in [3.8, 4) is 0 Å². The smallest absolute Gasteiger partial charge is 0.224 e. The minimum absolute atomic E-state index is 0.480. The Kier molecular flexibility index (Phi) is 6.05. The van der Waals surface area contributed by atoms with Gasteiger partial charge < -0.3 is 15.1 Å².